The van der Waals surface area contributed by atoms with Crippen LogP contribution in [0, 0.1) is 0 Å². The number of likely N-dealkylation sites (tertiary alicyclic amines) is 1. The highest BCUT2D eigenvalue weighted by atomic mass is 16.4. The smallest absolute Gasteiger partial charge is 0.412 e. The zero-order valence-electron chi connectivity index (χ0n) is 14.9. The van der Waals surface area contributed by atoms with Crippen LogP contribution in [0.2, 0.25) is 0 Å². The van der Waals surface area contributed by atoms with Gasteiger partial charge in [0.25, 0.3) is 0 Å². The molecule has 1 aromatic heterocycles. The number of hydrogen-bond donors (Lipinski definition) is 1. The summed E-state index contributed by atoms with van der Waals surface area (Å²) >= 11 is 0. The van der Waals surface area contributed by atoms with E-state index in [2.05, 4.69) is 21.5 Å². The molecule has 2 heterocycles. The number of imidazole rings is 1. The SMILES string of the molecule is CN1CCC(n2cnc3ccc(N(C(=O)O)C(C)(C)C)cc32)CC1. The number of piperidine rings is 1. The molecule has 0 radical (unpaired) electrons. The Morgan fingerprint density at radius 1 is 1.29 bits per heavy atom. The van der Waals surface area contributed by atoms with Gasteiger partial charge in [0.1, 0.15) is 0 Å². The lowest BCUT2D eigenvalue weighted by Crippen LogP contribution is -2.45. The molecule has 0 saturated carbocycles. The number of anilines is 1. The fraction of sp³-hybridized carbons (Fsp3) is 0.556. The Balaban J connectivity index is 2.01. The van der Waals surface area contributed by atoms with E-state index in [-0.39, 0.29) is 0 Å². The number of amides is 1. The first-order chi connectivity index (χ1) is 11.3. The van der Waals surface area contributed by atoms with E-state index in [9.17, 15) is 9.90 Å². The van der Waals surface area contributed by atoms with Crippen molar-refractivity contribution < 1.29 is 9.90 Å². The Hall–Kier alpha value is -2.08. The molecule has 0 aliphatic carbocycles. The van der Waals surface area contributed by atoms with Gasteiger partial charge in [-0.25, -0.2) is 9.78 Å². The lowest BCUT2D eigenvalue weighted by atomic mass is 10.0. The molecule has 1 fully saturated rings. The molecule has 0 unspecified atom stereocenters. The Labute approximate surface area is 142 Å². The van der Waals surface area contributed by atoms with Gasteiger partial charge in [0, 0.05) is 17.3 Å². The standard InChI is InChI=1S/C18H26N4O2/c1-18(2,3)22(17(23)24)14-5-6-15-16(11-14)21(12-19-15)13-7-9-20(4)10-8-13/h5-6,11-13H,7-10H2,1-4H3,(H,23,24). The molecule has 3 rings (SSSR count). The first kappa shape index (κ1) is 16.8. The van der Waals surface area contributed by atoms with E-state index >= 15 is 0 Å². The van der Waals surface area contributed by atoms with Crippen LogP contribution >= 0.6 is 0 Å². The van der Waals surface area contributed by atoms with Crippen LogP contribution in [0.5, 0.6) is 0 Å². The van der Waals surface area contributed by atoms with Crippen molar-refractivity contribution in [3.8, 4) is 0 Å². The Morgan fingerprint density at radius 2 is 1.96 bits per heavy atom. The minimum absolute atomic E-state index is 0.425. The molecule has 1 saturated heterocycles. The van der Waals surface area contributed by atoms with Gasteiger partial charge in [0.05, 0.1) is 17.4 Å². The average molecular weight is 330 g/mol. The van der Waals surface area contributed by atoms with Crippen LogP contribution in [0.25, 0.3) is 11.0 Å². The van der Waals surface area contributed by atoms with E-state index < -0.39 is 11.6 Å². The van der Waals surface area contributed by atoms with Crippen LogP contribution in [0.4, 0.5) is 10.5 Å². The minimum Gasteiger partial charge on any atom is -0.465 e. The molecule has 1 N–H and O–H groups in total. The second-order valence-electron chi connectivity index (χ2n) is 7.65. The average Bonchev–Trinajstić information content (AvgIpc) is 2.89. The maximum atomic E-state index is 11.7. The molecular weight excluding hydrogens is 304 g/mol. The summed E-state index contributed by atoms with van der Waals surface area (Å²) in [5, 5.41) is 9.63. The number of benzene rings is 1. The van der Waals surface area contributed by atoms with E-state index in [0.717, 1.165) is 37.0 Å². The van der Waals surface area contributed by atoms with Gasteiger partial charge < -0.3 is 14.6 Å². The summed E-state index contributed by atoms with van der Waals surface area (Å²) in [7, 11) is 2.15. The monoisotopic (exact) mass is 330 g/mol. The van der Waals surface area contributed by atoms with Crippen LogP contribution in [-0.2, 0) is 0 Å². The van der Waals surface area contributed by atoms with Crippen molar-refractivity contribution in [2.75, 3.05) is 25.0 Å². The molecule has 0 spiro atoms. The van der Waals surface area contributed by atoms with Crippen LogP contribution in [-0.4, -0.2) is 51.3 Å². The first-order valence-corrected chi connectivity index (χ1v) is 8.45. The van der Waals surface area contributed by atoms with Crippen molar-refractivity contribution in [3.63, 3.8) is 0 Å². The fourth-order valence-electron chi connectivity index (χ4n) is 3.50. The molecule has 6 heteroatoms. The summed E-state index contributed by atoms with van der Waals surface area (Å²) in [5.74, 6) is 0. The third kappa shape index (κ3) is 3.11. The number of fused-ring (bicyclic) bond motifs is 1. The van der Waals surface area contributed by atoms with Crippen molar-refractivity contribution in [2.24, 2.45) is 0 Å². The summed E-state index contributed by atoms with van der Waals surface area (Å²) in [4.78, 5) is 20.0. The number of carboxylic acid groups (broad SMARTS) is 1. The molecule has 1 aliphatic heterocycles. The number of rotatable bonds is 2. The lowest BCUT2D eigenvalue weighted by Gasteiger charge is -2.33. The Kier molecular flexibility index (Phi) is 4.25. The summed E-state index contributed by atoms with van der Waals surface area (Å²) < 4.78 is 2.22. The van der Waals surface area contributed by atoms with Crippen LogP contribution in [0.3, 0.4) is 0 Å². The highest BCUT2D eigenvalue weighted by Gasteiger charge is 2.28. The normalized spacial score (nSPS) is 17.3. The zero-order valence-corrected chi connectivity index (χ0v) is 14.9. The minimum atomic E-state index is -0.938. The van der Waals surface area contributed by atoms with Crippen molar-refractivity contribution in [1.82, 2.24) is 14.5 Å². The van der Waals surface area contributed by atoms with Gasteiger partial charge in [-0.2, -0.15) is 0 Å². The van der Waals surface area contributed by atoms with Gasteiger partial charge in [0.2, 0.25) is 0 Å². The Morgan fingerprint density at radius 3 is 2.54 bits per heavy atom. The molecule has 2 aromatic rings. The van der Waals surface area contributed by atoms with Crippen molar-refractivity contribution in [2.45, 2.75) is 45.2 Å². The fourth-order valence-corrected chi connectivity index (χ4v) is 3.50. The highest BCUT2D eigenvalue weighted by Crippen LogP contribution is 2.31. The molecule has 6 nitrogen and oxygen atoms in total. The third-order valence-corrected chi connectivity index (χ3v) is 4.76. The molecule has 0 bridgehead atoms. The zero-order chi connectivity index (χ0) is 17.5. The largest absolute Gasteiger partial charge is 0.465 e. The predicted molar refractivity (Wildman–Crippen MR) is 95.8 cm³/mol. The van der Waals surface area contributed by atoms with Crippen LogP contribution in [0.1, 0.15) is 39.7 Å². The second-order valence-corrected chi connectivity index (χ2v) is 7.65. The van der Waals surface area contributed by atoms with Gasteiger partial charge in [-0.05, 0) is 71.9 Å². The predicted octanol–water partition coefficient (Wildman–Crippen LogP) is 3.59. The van der Waals surface area contributed by atoms with Gasteiger partial charge in [-0.1, -0.05) is 0 Å². The molecule has 1 amide bonds. The summed E-state index contributed by atoms with van der Waals surface area (Å²) in [6.45, 7) is 7.86. The summed E-state index contributed by atoms with van der Waals surface area (Å²) in [6.07, 6.45) is 3.14. The Bertz CT molecular complexity index is 739. The highest BCUT2D eigenvalue weighted by molar-refractivity contribution is 5.91. The van der Waals surface area contributed by atoms with E-state index in [1.807, 2.05) is 45.3 Å². The van der Waals surface area contributed by atoms with Crippen molar-refractivity contribution in [3.05, 3.63) is 24.5 Å². The van der Waals surface area contributed by atoms with E-state index in [4.69, 9.17) is 0 Å². The number of carbonyl (C=O) groups is 1. The van der Waals surface area contributed by atoms with E-state index in [1.54, 1.807) is 0 Å². The maximum absolute atomic E-state index is 11.7. The van der Waals surface area contributed by atoms with Crippen LogP contribution < -0.4 is 4.90 Å². The van der Waals surface area contributed by atoms with E-state index in [0.29, 0.717) is 11.7 Å². The molecular formula is C18H26N4O2. The van der Waals surface area contributed by atoms with Crippen molar-refractivity contribution >= 4 is 22.8 Å². The lowest BCUT2D eigenvalue weighted by molar-refractivity contribution is 0.195. The second kappa shape index (κ2) is 6.09. The maximum Gasteiger partial charge on any atom is 0.412 e. The quantitative estimate of drug-likeness (QED) is 0.914. The molecule has 1 aliphatic rings. The number of aromatic nitrogens is 2. The number of nitrogens with zero attached hydrogens (tertiary/aromatic N) is 4. The van der Waals surface area contributed by atoms with Gasteiger partial charge in [-0.3, -0.25) is 4.90 Å². The summed E-state index contributed by atoms with van der Waals surface area (Å²) in [5.41, 5.74) is 2.12. The van der Waals surface area contributed by atoms with Crippen LogP contribution in [0.15, 0.2) is 24.5 Å². The van der Waals surface area contributed by atoms with Gasteiger partial charge in [-0.15, -0.1) is 0 Å². The van der Waals surface area contributed by atoms with Gasteiger partial charge in [0.15, 0.2) is 0 Å². The summed E-state index contributed by atoms with van der Waals surface area (Å²) in [6, 6.07) is 6.14. The molecule has 1 aromatic carbocycles. The topological polar surface area (TPSA) is 61.6 Å². The first-order valence-electron chi connectivity index (χ1n) is 8.45. The number of hydrogen-bond acceptors (Lipinski definition) is 3. The van der Waals surface area contributed by atoms with E-state index in [1.165, 1.54) is 4.90 Å². The molecule has 130 valence electrons. The van der Waals surface area contributed by atoms with Gasteiger partial charge >= 0.3 is 6.09 Å². The molecule has 24 heavy (non-hydrogen) atoms. The van der Waals surface area contributed by atoms with Crippen molar-refractivity contribution in [1.29, 1.82) is 0 Å². The third-order valence-electron chi connectivity index (χ3n) is 4.76. The molecule has 0 atom stereocenters.